The molecule has 2 nitrogen and oxygen atoms in total. The molecule has 0 heterocycles. The van der Waals surface area contributed by atoms with Gasteiger partial charge in [-0.2, -0.15) is 5.26 Å². The Balaban J connectivity index is 3.11. The van der Waals surface area contributed by atoms with Gasteiger partial charge >= 0.3 is 0 Å². The Labute approximate surface area is 79.9 Å². The summed E-state index contributed by atoms with van der Waals surface area (Å²) in [4.78, 5) is 0. The molecule has 0 saturated carbocycles. The maximum Gasteiger partial charge on any atom is 0.138 e. The molecule has 0 saturated heterocycles. The molecule has 1 aromatic rings. The zero-order valence-corrected chi connectivity index (χ0v) is 8.18. The summed E-state index contributed by atoms with van der Waals surface area (Å²) in [6.07, 6.45) is 0. The number of benzene rings is 1. The molecule has 3 heteroatoms. The molecule has 0 aliphatic heterocycles. The summed E-state index contributed by atoms with van der Waals surface area (Å²) in [6, 6.07) is 8.36. The van der Waals surface area contributed by atoms with Crippen molar-refractivity contribution in [1.82, 2.24) is 0 Å². The van der Waals surface area contributed by atoms with Crippen molar-refractivity contribution in [2.75, 3.05) is 6.61 Å². The molecule has 0 amide bonds. The number of nitrogens with zero attached hydrogens (tertiary/aromatic N) is 1. The minimum absolute atomic E-state index is 0.499. The molecule has 0 atom stereocenters. The summed E-state index contributed by atoms with van der Waals surface area (Å²) < 4.78 is 5.89. The Kier molecular flexibility index (Phi) is 3.12. The van der Waals surface area contributed by atoms with Crippen molar-refractivity contribution in [3.8, 4) is 11.8 Å². The lowest BCUT2D eigenvalue weighted by molar-refractivity contribution is 0.339. The smallest absolute Gasteiger partial charge is 0.138 e. The molecule has 0 bridgehead atoms. The molecule has 0 unspecified atom stereocenters. The average Bonchev–Trinajstić information content (AvgIpc) is 2.05. The summed E-state index contributed by atoms with van der Waals surface area (Å²) in [6.45, 7) is 2.44. The van der Waals surface area contributed by atoms with E-state index < -0.39 is 0 Å². The van der Waals surface area contributed by atoms with Crippen LogP contribution in [0.2, 0.25) is 0 Å². The van der Waals surface area contributed by atoms with Crippen LogP contribution in [0, 0.1) is 17.4 Å². The van der Waals surface area contributed by atoms with Gasteiger partial charge in [-0.05, 0) is 41.1 Å². The second kappa shape index (κ2) is 4.13. The molecule has 12 heavy (non-hydrogen) atoms. The van der Waals surface area contributed by atoms with Gasteiger partial charge in [-0.1, -0.05) is 0 Å². The first-order chi connectivity index (χ1) is 5.79. The van der Waals surface area contributed by atoms with Gasteiger partial charge in [0, 0.05) is 4.47 Å². The van der Waals surface area contributed by atoms with Gasteiger partial charge in [0.1, 0.15) is 17.4 Å². The summed E-state index contributed by atoms with van der Waals surface area (Å²) in [5.41, 5.74) is 0.499. The number of hydrogen-bond acceptors (Lipinski definition) is 2. The summed E-state index contributed by atoms with van der Waals surface area (Å²) in [5.74, 6) is 0.602. The van der Waals surface area contributed by atoms with E-state index in [4.69, 9.17) is 10.00 Å². The Morgan fingerprint density at radius 3 is 3.08 bits per heavy atom. The molecule has 0 aliphatic carbocycles. The van der Waals surface area contributed by atoms with E-state index in [1.54, 1.807) is 12.1 Å². The third kappa shape index (κ3) is 1.77. The van der Waals surface area contributed by atoms with Crippen LogP contribution in [0.5, 0.6) is 5.75 Å². The molecular weight excluding hydrogens is 218 g/mol. The SMILES string of the molecule is CCOc1cc[c]c(Br)c1C#N. The van der Waals surface area contributed by atoms with Gasteiger partial charge in [-0.3, -0.25) is 0 Å². The van der Waals surface area contributed by atoms with Gasteiger partial charge < -0.3 is 4.74 Å². The molecule has 0 spiro atoms. The van der Waals surface area contributed by atoms with Crippen LogP contribution in [-0.2, 0) is 0 Å². The van der Waals surface area contributed by atoms with Crippen LogP contribution in [0.3, 0.4) is 0 Å². The Morgan fingerprint density at radius 2 is 2.50 bits per heavy atom. The molecule has 0 aromatic heterocycles. The molecule has 1 radical (unpaired) electrons. The van der Waals surface area contributed by atoms with Crippen molar-refractivity contribution in [2.24, 2.45) is 0 Å². The number of ether oxygens (including phenoxy) is 1. The van der Waals surface area contributed by atoms with Gasteiger partial charge in [-0.25, -0.2) is 0 Å². The van der Waals surface area contributed by atoms with Gasteiger partial charge in [-0.15, -0.1) is 0 Å². The lowest BCUT2D eigenvalue weighted by atomic mass is 10.2. The first-order valence-electron chi connectivity index (χ1n) is 3.52. The van der Waals surface area contributed by atoms with E-state index in [1.165, 1.54) is 0 Å². The number of rotatable bonds is 2. The van der Waals surface area contributed by atoms with E-state index >= 15 is 0 Å². The Bertz CT molecular complexity index is 317. The fourth-order valence-corrected chi connectivity index (χ4v) is 1.25. The molecule has 61 valence electrons. The van der Waals surface area contributed by atoms with E-state index in [1.807, 2.05) is 13.0 Å². The minimum atomic E-state index is 0.499. The second-order valence-electron chi connectivity index (χ2n) is 2.08. The maximum absolute atomic E-state index is 8.75. The minimum Gasteiger partial charge on any atom is -0.492 e. The Morgan fingerprint density at radius 1 is 1.75 bits per heavy atom. The first kappa shape index (κ1) is 9.08. The van der Waals surface area contributed by atoms with Crippen molar-refractivity contribution < 1.29 is 4.74 Å². The second-order valence-corrected chi connectivity index (χ2v) is 2.87. The van der Waals surface area contributed by atoms with Crippen LogP contribution in [0.4, 0.5) is 0 Å². The van der Waals surface area contributed by atoms with Crippen LogP contribution < -0.4 is 4.74 Å². The molecule has 0 N–H and O–H groups in total. The average molecular weight is 225 g/mol. The van der Waals surface area contributed by atoms with Crippen molar-refractivity contribution >= 4 is 15.9 Å². The van der Waals surface area contributed by atoms with Crippen molar-refractivity contribution in [3.63, 3.8) is 0 Å². The lowest BCUT2D eigenvalue weighted by Crippen LogP contribution is -1.94. The van der Waals surface area contributed by atoms with Crippen LogP contribution in [0.1, 0.15) is 12.5 Å². The van der Waals surface area contributed by atoms with E-state index in [-0.39, 0.29) is 0 Å². The number of halogens is 1. The largest absolute Gasteiger partial charge is 0.492 e. The topological polar surface area (TPSA) is 33.0 Å². The lowest BCUT2D eigenvalue weighted by Gasteiger charge is -2.04. The van der Waals surface area contributed by atoms with E-state index in [9.17, 15) is 0 Å². The normalized spacial score (nSPS) is 9.08. The number of nitriles is 1. The fraction of sp³-hybridized carbons (Fsp3) is 0.222. The Hall–Kier alpha value is -1.01. The fourth-order valence-electron chi connectivity index (χ4n) is 0.834. The summed E-state index contributed by atoms with van der Waals surface area (Å²) in [5, 5.41) is 8.75. The van der Waals surface area contributed by atoms with Crippen molar-refractivity contribution in [2.45, 2.75) is 6.92 Å². The molecule has 1 rings (SSSR count). The molecule has 1 aromatic carbocycles. The molecule has 0 fully saturated rings. The van der Waals surface area contributed by atoms with Crippen LogP contribution in [0.25, 0.3) is 0 Å². The monoisotopic (exact) mass is 224 g/mol. The summed E-state index contributed by atoms with van der Waals surface area (Å²) in [7, 11) is 0. The first-order valence-corrected chi connectivity index (χ1v) is 4.32. The molecular formula is C9H7BrNO. The van der Waals surface area contributed by atoms with E-state index in [2.05, 4.69) is 22.0 Å². The third-order valence-electron chi connectivity index (χ3n) is 1.32. The zero-order chi connectivity index (χ0) is 8.97. The van der Waals surface area contributed by atoms with Gasteiger partial charge in [0.2, 0.25) is 0 Å². The highest BCUT2D eigenvalue weighted by atomic mass is 79.9. The highest BCUT2D eigenvalue weighted by Crippen LogP contribution is 2.24. The maximum atomic E-state index is 8.75. The zero-order valence-electron chi connectivity index (χ0n) is 6.60. The predicted molar refractivity (Wildman–Crippen MR) is 48.9 cm³/mol. The summed E-state index contributed by atoms with van der Waals surface area (Å²) >= 11 is 3.22. The van der Waals surface area contributed by atoms with Gasteiger partial charge in [0.15, 0.2) is 0 Å². The number of hydrogen-bond donors (Lipinski definition) is 0. The van der Waals surface area contributed by atoms with Crippen molar-refractivity contribution in [3.05, 3.63) is 28.2 Å². The standard InChI is InChI=1S/C9H7BrNO/c1-2-12-9-5-3-4-8(10)7(9)6-11/h3,5H,2H2,1H3. The van der Waals surface area contributed by atoms with Gasteiger partial charge in [0.05, 0.1) is 6.61 Å². The highest BCUT2D eigenvalue weighted by Gasteiger charge is 2.05. The predicted octanol–water partition coefficient (Wildman–Crippen LogP) is 2.52. The van der Waals surface area contributed by atoms with E-state index in [0.717, 1.165) is 0 Å². The highest BCUT2D eigenvalue weighted by molar-refractivity contribution is 9.10. The van der Waals surface area contributed by atoms with Crippen molar-refractivity contribution in [1.29, 1.82) is 5.26 Å². The van der Waals surface area contributed by atoms with Crippen LogP contribution in [0.15, 0.2) is 16.6 Å². The third-order valence-corrected chi connectivity index (χ3v) is 1.95. The van der Waals surface area contributed by atoms with Gasteiger partial charge in [0.25, 0.3) is 0 Å². The van der Waals surface area contributed by atoms with Crippen LogP contribution >= 0.6 is 15.9 Å². The van der Waals surface area contributed by atoms with E-state index in [0.29, 0.717) is 22.4 Å². The quantitative estimate of drug-likeness (QED) is 0.774. The van der Waals surface area contributed by atoms with Crippen LogP contribution in [-0.4, -0.2) is 6.61 Å². The molecule has 0 aliphatic rings.